The first kappa shape index (κ1) is 16.1. The van der Waals surface area contributed by atoms with Crippen molar-refractivity contribution in [1.82, 2.24) is 4.31 Å². The zero-order valence-electron chi connectivity index (χ0n) is 12.2. The van der Waals surface area contributed by atoms with Gasteiger partial charge in [0.25, 0.3) is 0 Å². The summed E-state index contributed by atoms with van der Waals surface area (Å²) in [7, 11) is -2.14. The second-order valence-corrected chi connectivity index (χ2v) is 7.07. The molecule has 1 fully saturated rings. The lowest BCUT2D eigenvalue weighted by Gasteiger charge is -2.36. The van der Waals surface area contributed by atoms with Gasteiger partial charge in [-0.25, -0.2) is 8.42 Å². The Balaban J connectivity index is 2.32. The van der Waals surface area contributed by atoms with Crippen LogP contribution in [0, 0.1) is 0 Å². The molecule has 1 aliphatic rings. The van der Waals surface area contributed by atoms with Crippen LogP contribution < -0.4 is 10.5 Å². The van der Waals surface area contributed by atoms with Gasteiger partial charge in [0.05, 0.1) is 17.7 Å². The zero-order valence-corrected chi connectivity index (χ0v) is 13.0. The summed E-state index contributed by atoms with van der Waals surface area (Å²) in [5.41, 5.74) is 6.13. The number of anilines is 1. The Morgan fingerprint density at radius 3 is 2.67 bits per heavy atom. The number of ether oxygens (including phenoxy) is 1. The molecule has 3 N–H and O–H groups in total. The Morgan fingerprint density at radius 2 is 2.14 bits per heavy atom. The van der Waals surface area contributed by atoms with Gasteiger partial charge in [0.15, 0.2) is 0 Å². The van der Waals surface area contributed by atoms with Gasteiger partial charge >= 0.3 is 0 Å². The van der Waals surface area contributed by atoms with E-state index in [-0.39, 0.29) is 17.5 Å². The third-order valence-corrected chi connectivity index (χ3v) is 5.78. The molecule has 0 bridgehead atoms. The van der Waals surface area contributed by atoms with Crippen LogP contribution in [0.3, 0.4) is 0 Å². The highest BCUT2D eigenvalue weighted by atomic mass is 32.2. The average Bonchev–Trinajstić information content (AvgIpc) is 2.41. The number of aliphatic hydroxyl groups excluding tert-OH is 1. The highest BCUT2D eigenvalue weighted by Gasteiger charge is 2.34. The number of benzene rings is 1. The van der Waals surface area contributed by atoms with Crippen molar-refractivity contribution in [2.45, 2.75) is 36.6 Å². The smallest absolute Gasteiger partial charge is 0.243 e. The van der Waals surface area contributed by atoms with Gasteiger partial charge in [0.1, 0.15) is 5.75 Å². The molecule has 6 nitrogen and oxygen atoms in total. The van der Waals surface area contributed by atoms with Crippen LogP contribution in [0.15, 0.2) is 23.1 Å². The Morgan fingerprint density at radius 1 is 1.43 bits per heavy atom. The van der Waals surface area contributed by atoms with E-state index < -0.39 is 10.0 Å². The van der Waals surface area contributed by atoms with E-state index in [9.17, 15) is 8.42 Å². The third-order valence-electron chi connectivity index (χ3n) is 3.83. The highest BCUT2D eigenvalue weighted by Crippen LogP contribution is 2.32. The molecule has 0 radical (unpaired) electrons. The molecule has 0 heterocycles. The number of rotatable bonds is 7. The van der Waals surface area contributed by atoms with Crippen LogP contribution in [0.1, 0.15) is 25.7 Å². The summed E-state index contributed by atoms with van der Waals surface area (Å²) in [5.74, 6) is 0.354. The van der Waals surface area contributed by atoms with Crippen LogP contribution in [0.4, 0.5) is 5.69 Å². The summed E-state index contributed by atoms with van der Waals surface area (Å²) in [4.78, 5) is 0.179. The van der Waals surface area contributed by atoms with Gasteiger partial charge < -0.3 is 15.6 Å². The molecule has 0 spiro atoms. The molecule has 118 valence electrons. The van der Waals surface area contributed by atoms with E-state index in [4.69, 9.17) is 15.6 Å². The molecule has 1 saturated carbocycles. The van der Waals surface area contributed by atoms with Crippen molar-refractivity contribution < 1.29 is 18.3 Å². The molecular weight excluding hydrogens is 292 g/mol. The quantitative estimate of drug-likeness (QED) is 0.738. The summed E-state index contributed by atoms with van der Waals surface area (Å²) >= 11 is 0. The normalized spacial score (nSPS) is 16.0. The fraction of sp³-hybridized carbons (Fsp3) is 0.571. The summed E-state index contributed by atoms with van der Waals surface area (Å²) in [6.45, 7) is 0.306. The van der Waals surface area contributed by atoms with E-state index in [0.29, 0.717) is 24.4 Å². The highest BCUT2D eigenvalue weighted by molar-refractivity contribution is 7.89. The standard InChI is InChI=1S/C14H22N2O4S/c1-20-14-10-12(6-7-13(14)15)21(18,19)16(8-3-9-17)11-4-2-5-11/h6-7,10-11,17H,2-5,8-9,15H2,1H3. The van der Waals surface area contributed by atoms with Crippen molar-refractivity contribution >= 4 is 15.7 Å². The number of nitrogens with two attached hydrogens (primary N) is 1. The molecule has 0 aliphatic heterocycles. The van der Waals surface area contributed by atoms with E-state index in [1.54, 1.807) is 0 Å². The molecule has 21 heavy (non-hydrogen) atoms. The van der Waals surface area contributed by atoms with Crippen molar-refractivity contribution in [3.63, 3.8) is 0 Å². The van der Waals surface area contributed by atoms with Gasteiger partial charge in [-0.3, -0.25) is 0 Å². The fourth-order valence-electron chi connectivity index (χ4n) is 2.39. The maximum Gasteiger partial charge on any atom is 0.243 e. The van der Waals surface area contributed by atoms with Crippen LogP contribution in [0.5, 0.6) is 5.75 Å². The van der Waals surface area contributed by atoms with Crippen molar-refractivity contribution in [1.29, 1.82) is 0 Å². The van der Waals surface area contributed by atoms with Crippen LogP contribution in [0.2, 0.25) is 0 Å². The second-order valence-electron chi connectivity index (χ2n) is 5.18. The summed E-state index contributed by atoms with van der Waals surface area (Å²) in [6, 6.07) is 4.52. The topological polar surface area (TPSA) is 92.9 Å². The minimum Gasteiger partial charge on any atom is -0.495 e. The lowest BCUT2D eigenvalue weighted by atomic mass is 9.93. The first-order valence-electron chi connectivity index (χ1n) is 7.07. The van der Waals surface area contributed by atoms with Crippen molar-refractivity contribution in [2.24, 2.45) is 0 Å². The Labute approximate surface area is 125 Å². The third kappa shape index (κ3) is 3.30. The number of methoxy groups -OCH3 is 1. The molecule has 2 rings (SSSR count). The SMILES string of the molecule is COc1cc(S(=O)(=O)N(CCCO)C2CCC2)ccc1N. The fourth-order valence-corrected chi connectivity index (χ4v) is 4.13. The number of hydrogen-bond acceptors (Lipinski definition) is 5. The van der Waals surface area contributed by atoms with Gasteiger partial charge in [-0.15, -0.1) is 0 Å². The second kappa shape index (κ2) is 6.64. The predicted molar refractivity (Wildman–Crippen MR) is 80.6 cm³/mol. The molecule has 0 atom stereocenters. The molecule has 0 aromatic heterocycles. The molecular formula is C14H22N2O4S. The van der Waals surface area contributed by atoms with E-state index in [2.05, 4.69) is 0 Å². The first-order valence-corrected chi connectivity index (χ1v) is 8.51. The van der Waals surface area contributed by atoms with E-state index >= 15 is 0 Å². The number of aliphatic hydroxyl groups is 1. The van der Waals surface area contributed by atoms with Crippen LogP contribution in [-0.4, -0.2) is 44.1 Å². The Hall–Kier alpha value is -1.31. The molecule has 1 aliphatic carbocycles. The lowest BCUT2D eigenvalue weighted by Crippen LogP contribution is -2.44. The number of hydrogen-bond donors (Lipinski definition) is 2. The van der Waals surface area contributed by atoms with Crippen LogP contribution >= 0.6 is 0 Å². The lowest BCUT2D eigenvalue weighted by molar-refractivity contribution is 0.198. The number of nitrogen functional groups attached to an aromatic ring is 1. The minimum atomic E-state index is -3.60. The molecule has 0 unspecified atom stereocenters. The Bertz CT molecular complexity index is 585. The number of sulfonamides is 1. The van der Waals surface area contributed by atoms with Gasteiger partial charge in [0, 0.05) is 25.3 Å². The van der Waals surface area contributed by atoms with Gasteiger partial charge in [-0.05, 0) is 31.4 Å². The zero-order chi connectivity index (χ0) is 15.5. The molecule has 1 aromatic carbocycles. The first-order chi connectivity index (χ1) is 10.0. The number of nitrogens with zero attached hydrogens (tertiary/aromatic N) is 1. The van der Waals surface area contributed by atoms with Crippen molar-refractivity contribution in [3.8, 4) is 5.75 Å². The Kier molecular flexibility index (Phi) is 5.08. The molecule has 1 aromatic rings. The van der Waals surface area contributed by atoms with E-state index in [1.807, 2.05) is 0 Å². The predicted octanol–water partition coefficient (Wildman–Crippen LogP) is 1.20. The van der Waals surface area contributed by atoms with E-state index in [1.165, 1.54) is 29.6 Å². The molecule has 0 saturated heterocycles. The average molecular weight is 314 g/mol. The molecule has 0 amide bonds. The van der Waals surface area contributed by atoms with Crippen molar-refractivity contribution in [2.75, 3.05) is 26.0 Å². The summed E-state index contributed by atoms with van der Waals surface area (Å²) in [5, 5.41) is 8.98. The summed E-state index contributed by atoms with van der Waals surface area (Å²) in [6.07, 6.45) is 3.22. The maximum absolute atomic E-state index is 12.8. The van der Waals surface area contributed by atoms with Crippen LogP contribution in [0.25, 0.3) is 0 Å². The van der Waals surface area contributed by atoms with Gasteiger partial charge in [0.2, 0.25) is 10.0 Å². The van der Waals surface area contributed by atoms with Gasteiger partial charge in [-0.1, -0.05) is 6.42 Å². The largest absolute Gasteiger partial charge is 0.495 e. The maximum atomic E-state index is 12.8. The van der Waals surface area contributed by atoms with Crippen LogP contribution in [-0.2, 0) is 10.0 Å². The minimum absolute atomic E-state index is 0.0240. The van der Waals surface area contributed by atoms with Crippen molar-refractivity contribution in [3.05, 3.63) is 18.2 Å². The summed E-state index contributed by atoms with van der Waals surface area (Å²) < 4.78 is 32.2. The van der Waals surface area contributed by atoms with E-state index in [0.717, 1.165) is 19.3 Å². The monoisotopic (exact) mass is 314 g/mol. The molecule has 7 heteroatoms. The van der Waals surface area contributed by atoms with Gasteiger partial charge in [-0.2, -0.15) is 4.31 Å².